The van der Waals surface area contributed by atoms with Crippen LogP contribution in [0.25, 0.3) is 0 Å². The van der Waals surface area contributed by atoms with E-state index in [0.717, 1.165) is 26.1 Å². The van der Waals surface area contributed by atoms with Gasteiger partial charge in [0.25, 0.3) is 0 Å². The molecule has 0 aromatic rings. The van der Waals surface area contributed by atoms with Crippen molar-refractivity contribution in [2.75, 3.05) is 26.2 Å². The molecule has 0 saturated carbocycles. The maximum absolute atomic E-state index is 9.00. The fraction of sp³-hybridized carbons (Fsp3) is 0.833. The molecule has 0 bridgehead atoms. The minimum Gasteiger partial charge on any atom is -0.395 e. The molecule has 1 aliphatic rings. The number of aliphatic hydroxyl groups is 1. The first-order chi connectivity index (χ1) is 10.4. The van der Waals surface area contributed by atoms with Crippen LogP contribution in [0.5, 0.6) is 0 Å². The monoisotopic (exact) mass is 294 g/mol. The van der Waals surface area contributed by atoms with E-state index in [1.165, 1.54) is 63.6 Å². The molecule has 3 heteroatoms. The predicted molar refractivity (Wildman–Crippen MR) is 91.9 cm³/mol. The summed E-state index contributed by atoms with van der Waals surface area (Å²) in [5, 5.41) is 9.00. The zero-order valence-corrected chi connectivity index (χ0v) is 13.9. The summed E-state index contributed by atoms with van der Waals surface area (Å²) in [5.41, 5.74) is 0. The summed E-state index contributed by atoms with van der Waals surface area (Å²) < 4.78 is 0. The molecule has 0 aliphatic carbocycles. The van der Waals surface area contributed by atoms with E-state index in [2.05, 4.69) is 29.0 Å². The molecule has 0 amide bonds. The Hall–Kier alpha value is -0.830. The summed E-state index contributed by atoms with van der Waals surface area (Å²) >= 11 is 0. The van der Waals surface area contributed by atoms with Gasteiger partial charge in [-0.15, -0.1) is 0 Å². The van der Waals surface area contributed by atoms with Crippen LogP contribution < -0.4 is 0 Å². The lowest BCUT2D eigenvalue weighted by atomic mass is 10.1. The van der Waals surface area contributed by atoms with Gasteiger partial charge in [-0.3, -0.25) is 4.99 Å². The van der Waals surface area contributed by atoms with Gasteiger partial charge in [0.1, 0.15) is 0 Å². The molecule has 122 valence electrons. The summed E-state index contributed by atoms with van der Waals surface area (Å²) in [6.45, 7) is 5.02. The molecule has 0 aromatic carbocycles. The largest absolute Gasteiger partial charge is 0.395 e. The number of hydrogen-bond acceptors (Lipinski definition) is 3. The Labute approximate surface area is 131 Å². The van der Waals surface area contributed by atoms with Crippen molar-refractivity contribution in [1.82, 2.24) is 4.90 Å². The molecule has 0 radical (unpaired) electrons. The van der Waals surface area contributed by atoms with Crippen molar-refractivity contribution in [3.63, 3.8) is 0 Å². The number of rotatable bonds is 13. The first kappa shape index (κ1) is 18.2. The van der Waals surface area contributed by atoms with Crippen LogP contribution in [0.1, 0.15) is 71.1 Å². The van der Waals surface area contributed by atoms with E-state index in [9.17, 15) is 0 Å². The smallest absolute Gasteiger partial charge is 0.0991 e. The first-order valence-electron chi connectivity index (χ1n) is 8.88. The summed E-state index contributed by atoms with van der Waals surface area (Å²) in [4.78, 5) is 6.79. The van der Waals surface area contributed by atoms with Crippen molar-refractivity contribution in [3.8, 4) is 0 Å². The van der Waals surface area contributed by atoms with Crippen LogP contribution in [0, 0.1) is 0 Å². The van der Waals surface area contributed by atoms with E-state index in [1.807, 2.05) is 0 Å². The summed E-state index contributed by atoms with van der Waals surface area (Å²) in [7, 11) is 0. The Morgan fingerprint density at radius 3 is 2.38 bits per heavy atom. The van der Waals surface area contributed by atoms with Crippen molar-refractivity contribution in [3.05, 3.63) is 12.2 Å². The average Bonchev–Trinajstić information content (AvgIpc) is 2.92. The second-order valence-corrected chi connectivity index (χ2v) is 5.94. The molecule has 0 fully saturated rings. The van der Waals surface area contributed by atoms with Crippen LogP contribution in [0.4, 0.5) is 0 Å². The standard InChI is InChI=1S/C18H34N2O/c1-2-3-4-5-6-7-8-9-10-11-12-13-18-19-14-15-20(18)16-17-21/h2-3,21H,4-17H2,1H3/b3-2+. The van der Waals surface area contributed by atoms with E-state index in [0.29, 0.717) is 0 Å². The highest BCUT2D eigenvalue weighted by molar-refractivity contribution is 5.83. The van der Waals surface area contributed by atoms with Crippen molar-refractivity contribution in [1.29, 1.82) is 0 Å². The van der Waals surface area contributed by atoms with Crippen LogP contribution in [-0.2, 0) is 0 Å². The lowest BCUT2D eigenvalue weighted by Crippen LogP contribution is -2.30. The fourth-order valence-electron chi connectivity index (χ4n) is 2.90. The van der Waals surface area contributed by atoms with Gasteiger partial charge in [-0.05, 0) is 26.2 Å². The summed E-state index contributed by atoms with van der Waals surface area (Å²) in [5.74, 6) is 1.23. The number of nitrogens with zero attached hydrogens (tertiary/aromatic N) is 2. The van der Waals surface area contributed by atoms with Gasteiger partial charge in [-0.25, -0.2) is 0 Å². The second kappa shape index (κ2) is 12.9. The van der Waals surface area contributed by atoms with Crippen molar-refractivity contribution < 1.29 is 5.11 Å². The zero-order chi connectivity index (χ0) is 15.2. The lowest BCUT2D eigenvalue weighted by molar-refractivity contribution is 0.255. The second-order valence-electron chi connectivity index (χ2n) is 5.94. The minimum absolute atomic E-state index is 0.243. The fourth-order valence-corrected chi connectivity index (χ4v) is 2.90. The Morgan fingerprint density at radius 2 is 1.71 bits per heavy atom. The molecule has 1 rings (SSSR count). The molecule has 1 N–H and O–H groups in total. The molecule has 0 atom stereocenters. The average molecular weight is 294 g/mol. The number of aliphatic hydroxyl groups excluding tert-OH is 1. The van der Waals surface area contributed by atoms with Crippen LogP contribution >= 0.6 is 0 Å². The van der Waals surface area contributed by atoms with Gasteiger partial charge >= 0.3 is 0 Å². The molecule has 0 unspecified atom stereocenters. The van der Waals surface area contributed by atoms with Gasteiger partial charge in [0, 0.05) is 19.5 Å². The summed E-state index contributed by atoms with van der Waals surface area (Å²) in [6.07, 6.45) is 17.6. The van der Waals surface area contributed by atoms with Gasteiger partial charge < -0.3 is 10.0 Å². The van der Waals surface area contributed by atoms with E-state index < -0.39 is 0 Å². The van der Waals surface area contributed by atoms with Crippen molar-refractivity contribution in [2.24, 2.45) is 4.99 Å². The topological polar surface area (TPSA) is 35.8 Å². The highest BCUT2D eigenvalue weighted by Gasteiger charge is 2.14. The molecular weight excluding hydrogens is 260 g/mol. The SMILES string of the molecule is C/C=C/CCCCCCCCCCC1=NCCN1CCO. The molecule has 1 heterocycles. The van der Waals surface area contributed by atoms with Crippen LogP contribution in [-0.4, -0.2) is 42.1 Å². The maximum Gasteiger partial charge on any atom is 0.0991 e. The third-order valence-corrected chi connectivity index (χ3v) is 4.16. The predicted octanol–water partition coefficient (Wildman–Crippen LogP) is 4.17. The molecule has 0 spiro atoms. The van der Waals surface area contributed by atoms with Gasteiger partial charge in [0.15, 0.2) is 0 Å². The molecule has 3 nitrogen and oxygen atoms in total. The third kappa shape index (κ3) is 8.92. The molecule has 0 aromatic heterocycles. The van der Waals surface area contributed by atoms with Crippen LogP contribution in [0.15, 0.2) is 17.1 Å². The van der Waals surface area contributed by atoms with E-state index in [-0.39, 0.29) is 6.61 Å². The Morgan fingerprint density at radius 1 is 1.05 bits per heavy atom. The number of allylic oxidation sites excluding steroid dienone is 2. The van der Waals surface area contributed by atoms with Gasteiger partial charge in [0.2, 0.25) is 0 Å². The normalized spacial score (nSPS) is 15.1. The Bertz CT molecular complexity index is 300. The lowest BCUT2D eigenvalue weighted by Gasteiger charge is -2.18. The highest BCUT2D eigenvalue weighted by atomic mass is 16.3. The van der Waals surface area contributed by atoms with Crippen molar-refractivity contribution >= 4 is 5.84 Å². The van der Waals surface area contributed by atoms with Crippen LogP contribution in [0.3, 0.4) is 0 Å². The Kier molecular flexibility index (Phi) is 11.2. The summed E-state index contributed by atoms with van der Waals surface area (Å²) in [6, 6.07) is 0. The van der Waals surface area contributed by atoms with E-state index in [1.54, 1.807) is 0 Å². The zero-order valence-electron chi connectivity index (χ0n) is 13.9. The van der Waals surface area contributed by atoms with E-state index in [4.69, 9.17) is 5.11 Å². The number of aliphatic imine (C=N–C) groups is 1. The van der Waals surface area contributed by atoms with Gasteiger partial charge in [-0.1, -0.05) is 50.7 Å². The molecule has 21 heavy (non-hydrogen) atoms. The molecule has 1 aliphatic heterocycles. The Balaban J connectivity index is 1.86. The van der Waals surface area contributed by atoms with Crippen molar-refractivity contribution in [2.45, 2.75) is 71.1 Å². The highest BCUT2D eigenvalue weighted by Crippen LogP contribution is 2.13. The van der Waals surface area contributed by atoms with Gasteiger partial charge in [-0.2, -0.15) is 0 Å². The van der Waals surface area contributed by atoms with E-state index >= 15 is 0 Å². The van der Waals surface area contributed by atoms with Crippen LogP contribution in [0.2, 0.25) is 0 Å². The number of amidine groups is 1. The number of unbranched alkanes of at least 4 members (excludes halogenated alkanes) is 8. The third-order valence-electron chi connectivity index (χ3n) is 4.16. The number of hydrogen-bond donors (Lipinski definition) is 1. The first-order valence-corrected chi connectivity index (χ1v) is 8.88. The molecular formula is C18H34N2O. The minimum atomic E-state index is 0.243. The molecule has 0 saturated heterocycles. The van der Waals surface area contributed by atoms with Gasteiger partial charge in [0.05, 0.1) is 19.0 Å². The quantitative estimate of drug-likeness (QED) is 0.409. The number of β-amino-alcohol motifs (C(OH)–C–C–N with tert-alkyl or cyclic N) is 1. The maximum atomic E-state index is 9.00.